The smallest absolute Gasteiger partial charge is 0.339 e. The molecule has 0 aromatic carbocycles. The maximum atomic E-state index is 11.7. The summed E-state index contributed by atoms with van der Waals surface area (Å²) in [5.74, 6) is 0.848. The lowest BCUT2D eigenvalue weighted by molar-refractivity contribution is -0.133. The Balaban J connectivity index is 2.17. The second-order valence-electron chi connectivity index (χ2n) is 5.77. The molecule has 3 aliphatic rings. The van der Waals surface area contributed by atoms with Gasteiger partial charge in [-0.1, -0.05) is 13.8 Å². The van der Waals surface area contributed by atoms with Gasteiger partial charge in [-0.3, -0.25) is 4.79 Å². The highest BCUT2D eigenvalue weighted by atomic mass is 16.5. The Bertz CT molecular complexity index is 562. The van der Waals surface area contributed by atoms with E-state index >= 15 is 0 Å². The van der Waals surface area contributed by atoms with Gasteiger partial charge in [0.2, 0.25) is 0 Å². The minimum absolute atomic E-state index is 0.0536. The van der Waals surface area contributed by atoms with Crippen molar-refractivity contribution in [2.75, 3.05) is 0 Å². The average Bonchev–Trinajstić information content (AvgIpc) is 2.54. The SMILES string of the molecule is CC1=C2CC3(C)C(=CC(=O)CC3C)C=C2OC1=O. The molecule has 0 amide bonds. The van der Waals surface area contributed by atoms with Crippen molar-refractivity contribution in [2.45, 2.75) is 33.6 Å². The zero-order chi connectivity index (χ0) is 13.1. The van der Waals surface area contributed by atoms with Crippen LogP contribution in [0.3, 0.4) is 0 Å². The first-order valence-corrected chi connectivity index (χ1v) is 6.31. The molecule has 0 saturated carbocycles. The van der Waals surface area contributed by atoms with Crippen LogP contribution in [-0.2, 0) is 14.3 Å². The monoisotopic (exact) mass is 244 g/mol. The summed E-state index contributed by atoms with van der Waals surface area (Å²) in [6, 6.07) is 0. The second kappa shape index (κ2) is 3.44. The van der Waals surface area contributed by atoms with Crippen molar-refractivity contribution in [1.82, 2.24) is 0 Å². The summed E-state index contributed by atoms with van der Waals surface area (Å²) in [4.78, 5) is 23.3. The van der Waals surface area contributed by atoms with Gasteiger partial charge in [0.25, 0.3) is 0 Å². The first kappa shape index (κ1) is 11.5. The summed E-state index contributed by atoms with van der Waals surface area (Å²) in [6.07, 6.45) is 4.97. The van der Waals surface area contributed by atoms with Crippen molar-refractivity contribution in [3.05, 3.63) is 34.6 Å². The molecule has 3 heteroatoms. The molecule has 0 spiro atoms. The quantitative estimate of drug-likeness (QED) is 0.615. The second-order valence-corrected chi connectivity index (χ2v) is 5.77. The molecule has 2 atom stereocenters. The first-order valence-electron chi connectivity index (χ1n) is 6.31. The Hall–Kier alpha value is -1.64. The fraction of sp³-hybridized carbons (Fsp3) is 0.467. The molecular weight excluding hydrogens is 228 g/mol. The van der Waals surface area contributed by atoms with E-state index < -0.39 is 0 Å². The summed E-state index contributed by atoms with van der Waals surface area (Å²) >= 11 is 0. The van der Waals surface area contributed by atoms with Crippen LogP contribution in [0.2, 0.25) is 0 Å². The highest BCUT2D eigenvalue weighted by molar-refractivity contribution is 5.96. The Labute approximate surface area is 106 Å². The maximum Gasteiger partial charge on any atom is 0.339 e. The van der Waals surface area contributed by atoms with E-state index in [9.17, 15) is 9.59 Å². The van der Waals surface area contributed by atoms with Gasteiger partial charge >= 0.3 is 5.97 Å². The normalized spacial score (nSPS) is 34.7. The van der Waals surface area contributed by atoms with Gasteiger partial charge in [0, 0.05) is 17.6 Å². The van der Waals surface area contributed by atoms with Crippen LogP contribution >= 0.6 is 0 Å². The molecule has 0 N–H and O–H groups in total. The number of carbonyl (C=O) groups excluding carboxylic acids is 2. The molecule has 3 rings (SSSR count). The van der Waals surface area contributed by atoms with Crippen molar-refractivity contribution >= 4 is 11.8 Å². The van der Waals surface area contributed by atoms with Crippen molar-refractivity contribution in [3.8, 4) is 0 Å². The van der Waals surface area contributed by atoms with Crippen LogP contribution in [0.15, 0.2) is 34.6 Å². The van der Waals surface area contributed by atoms with E-state index in [4.69, 9.17) is 4.74 Å². The molecule has 1 aliphatic heterocycles. The van der Waals surface area contributed by atoms with Crippen molar-refractivity contribution in [3.63, 3.8) is 0 Å². The molecular formula is C15H16O3. The van der Waals surface area contributed by atoms with E-state index in [0.717, 1.165) is 17.6 Å². The Kier molecular flexibility index (Phi) is 2.19. The number of esters is 1. The zero-order valence-electron chi connectivity index (χ0n) is 10.9. The highest BCUT2D eigenvalue weighted by Crippen LogP contribution is 2.52. The van der Waals surface area contributed by atoms with Gasteiger partial charge in [-0.05, 0) is 42.4 Å². The molecule has 0 radical (unpaired) electrons. The Morgan fingerprint density at radius 3 is 2.78 bits per heavy atom. The van der Waals surface area contributed by atoms with Gasteiger partial charge in [0.1, 0.15) is 5.76 Å². The molecule has 0 aromatic heterocycles. The third-order valence-electron chi connectivity index (χ3n) is 4.66. The predicted molar refractivity (Wildman–Crippen MR) is 66.5 cm³/mol. The number of ether oxygens (including phenoxy) is 1. The summed E-state index contributed by atoms with van der Waals surface area (Å²) in [5, 5.41) is 0. The largest absolute Gasteiger partial charge is 0.423 e. The molecule has 0 saturated heterocycles. The van der Waals surface area contributed by atoms with E-state index in [1.54, 1.807) is 6.08 Å². The highest BCUT2D eigenvalue weighted by Gasteiger charge is 2.45. The number of allylic oxidation sites excluding steroid dienone is 4. The van der Waals surface area contributed by atoms with Crippen LogP contribution in [0.5, 0.6) is 0 Å². The summed E-state index contributed by atoms with van der Waals surface area (Å²) in [6.45, 7) is 6.10. The Morgan fingerprint density at radius 1 is 1.33 bits per heavy atom. The minimum atomic E-state index is -0.252. The van der Waals surface area contributed by atoms with E-state index in [-0.39, 0.29) is 17.2 Å². The predicted octanol–water partition coefficient (Wildman–Crippen LogP) is 2.69. The molecule has 2 unspecified atom stereocenters. The number of carbonyl (C=O) groups is 2. The number of fused-ring (bicyclic) bond motifs is 2. The molecule has 1 heterocycles. The summed E-state index contributed by atoms with van der Waals surface area (Å²) < 4.78 is 5.24. The van der Waals surface area contributed by atoms with Crippen LogP contribution in [0, 0.1) is 11.3 Å². The summed E-state index contributed by atoms with van der Waals surface area (Å²) in [5.41, 5.74) is 2.68. The molecule has 0 aromatic rings. The van der Waals surface area contributed by atoms with Crippen molar-refractivity contribution in [1.29, 1.82) is 0 Å². The lowest BCUT2D eigenvalue weighted by Crippen LogP contribution is -2.35. The molecule has 0 fully saturated rings. The first-order chi connectivity index (χ1) is 8.41. The van der Waals surface area contributed by atoms with Crippen LogP contribution in [0.4, 0.5) is 0 Å². The molecule has 3 nitrogen and oxygen atoms in total. The lowest BCUT2D eigenvalue weighted by atomic mass is 9.61. The van der Waals surface area contributed by atoms with Gasteiger partial charge in [0.15, 0.2) is 5.78 Å². The molecule has 94 valence electrons. The van der Waals surface area contributed by atoms with Gasteiger partial charge in [-0.25, -0.2) is 4.79 Å². The van der Waals surface area contributed by atoms with E-state index in [2.05, 4.69) is 13.8 Å². The van der Waals surface area contributed by atoms with Crippen LogP contribution < -0.4 is 0 Å². The third-order valence-corrected chi connectivity index (χ3v) is 4.66. The number of hydrogen-bond acceptors (Lipinski definition) is 3. The minimum Gasteiger partial charge on any atom is -0.423 e. The number of rotatable bonds is 0. The van der Waals surface area contributed by atoms with E-state index in [1.165, 1.54) is 0 Å². The van der Waals surface area contributed by atoms with Gasteiger partial charge in [-0.15, -0.1) is 0 Å². The van der Waals surface area contributed by atoms with Crippen LogP contribution in [0.1, 0.15) is 33.6 Å². The topological polar surface area (TPSA) is 43.4 Å². The van der Waals surface area contributed by atoms with Crippen molar-refractivity contribution < 1.29 is 14.3 Å². The van der Waals surface area contributed by atoms with Crippen LogP contribution in [-0.4, -0.2) is 11.8 Å². The third kappa shape index (κ3) is 1.36. The van der Waals surface area contributed by atoms with Gasteiger partial charge < -0.3 is 4.74 Å². The van der Waals surface area contributed by atoms with Crippen molar-refractivity contribution in [2.24, 2.45) is 11.3 Å². The number of ketones is 1. The zero-order valence-corrected chi connectivity index (χ0v) is 10.9. The van der Waals surface area contributed by atoms with Gasteiger partial charge in [0.05, 0.1) is 0 Å². The van der Waals surface area contributed by atoms with E-state index in [0.29, 0.717) is 23.7 Å². The fourth-order valence-electron chi connectivity index (χ4n) is 3.08. The lowest BCUT2D eigenvalue weighted by Gasteiger charge is -2.42. The summed E-state index contributed by atoms with van der Waals surface area (Å²) in [7, 11) is 0. The fourth-order valence-corrected chi connectivity index (χ4v) is 3.08. The number of hydrogen-bond donors (Lipinski definition) is 0. The van der Waals surface area contributed by atoms with Crippen LogP contribution in [0.25, 0.3) is 0 Å². The molecule has 0 bridgehead atoms. The van der Waals surface area contributed by atoms with E-state index in [1.807, 2.05) is 13.0 Å². The Morgan fingerprint density at radius 2 is 2.06 bits per heavy atom. The maximum absolute atomic E-state index is 11.7. The molecule has 2 aliphatic carbocycles. The molecule has 18 heavy (non-hydrogen) atoms. The standard InChI is InChI=1S/C15H16O3/c1-8-4-11(16)5-10-6-13-12(7-15(8,10)3)9(2)14(17)18-13/h5-6,8H,4,7H2,1-3H3. The average molecular weight is 244 g/mol. The van der Waals surface area contributed by atoms with Gasteiger partial charge in [-0.2, -0.15) is 0 Å².